The van der Waals surface area contributed by atoms with Crippen molar-refractivity contribution < 1.29 is 19.4 Å². The molecular formula is C36H36BrN5O4. The number of carbonyl (C=O) groups excluding carboxylic acids is 1. The smallest absolute Gasteiger partial charge is 0.252 e. The van der Waals surface area contributed by atoms with Gasteiger partial charge in [-0.3, -0.25) is 4.79 Å². The third kappa shape index (κ3) is 7.77. The molecule has 0 bridgehead atoms. The van der Waals surface area contributed by atoms with Gasteiger partial charge in [0, 0.05) is 40.9 Å². The van der Waals surface area contributed by atoms with E-state index in [1.807, 2.05) is 79.7 Å². The molecule has 1 aliphatic rings. The van der Waals surface area contributed by atoms with E-state index in [1.54, 1.807) is 0 Å². The molecule has 0 unspecified atom stereocenters. The second-order valence-electron chi connectivity index (χ2n) is 11.1. The van der Waals surface area contributed by atoms with Gasteiger partial charge in [0.05, 0.1) is 13.2 Å². The molecule has 10 heteroatoms. The number of nitrogens with one attached hydrogen (secondary N) is 1. The molecular weight excluding hydrogens is 646 g/mol. The maximum absolute atomic E-state index is 14.6. The summed E-state index contributed by atoms with van der Waals surface area (Å²) in [5.74, 6) is 0.713. The van der Waals surface area contributed by atoms with Crippen molar-refractivity contribution in [2.45, 2.75) is 44.4 Å². The van der Waals surface area contributed by atoms with Crippen LogP contribution in [-0.2, 0) is 28.9 Å². The number of hydrogen-bond donors (Lipinski definition) is 2. The number of aliphatic hydroxyl groups is 1. The number of halogens is 1. The van der Waals surface area contributed by atoms with Crippen LogP contribution in [0.1, 0.15) is 45.9 Å². The molecule has 4 aromatic rings. The Bertz CT molecular complexity index is 1720. The number of aliphatic imine (C=N–C) groups is 1. The summed E-state index contributed by atoms with van der Waals surface area (Å²) in [6.07, 6.45) is 0.617. The molecule has 2 atom stereocenters. The van der Waals surface area contributed by atoms with E-state index < -0.39 is 11.6 Å². The van der Waals surface area contributed by atoms with Crippen LogP contribution in [0.5, 0.6) is 5.75 Å². The van der Waals surface area contributed by atoms with Gasteiger partial charge in [-0.1, -0.05) is 93.3 Å². The molecule has 1 amide bonds. The topological polar surface area (TPSA) is 129 Å². The van der Waals surface area contributed by atoms with Gasteiger partial charge in [0.25, 0.3) is 5.91 Å². The molecule has 0 spiro atoms. The number of benzene rings is 4. The van der Waals surface area contributed by atoms with E-state index in [4.69, 9.17) is 25.1 Å². The monoisotopic (exact) mass is 681 g/mol. The third-order valence-electron chi connectivity index (χ3n) is 7.91. The zero-order valence-electron chi connectivity index (χ0n) is 25.6. The fraction of sp³-hybridized carbons (Fsp3) is 0.278. The Morgan fingerprint density at radius 3 is 2.48 bits per heavy atom. The minimum Gasteiger partial charge on any atom is -0.494 e. The zero-order chi connectivity index (χ0) is 32.4. The fourth-order valence-electron chi connectivity index (χ4n) is 5.46. The Morgan fingerprint density at radius 2 is 1.76 bits per heavy atom. The Kier molecular flexibility index (Phi) is 11.1. The van der Waals surface area contributed by atoms with Crippen molar-refractivity contribution in [3.63, 3.8) is 0 Å². The van der Waals surface area contributed by atoms with E-state index in [0.717, 1.165) is 26.7 Å². The number of aliphatic hydroxyl groups excluding tert-OH is 1. The van der Waals surface area contributed by atoms with Crippen LogP contribution in [0.3, 0.4) is 0 Å². The minimum atomic E-state index is -1.39. The van der Waals surface area contributed by atoms with Gasteiger partial charge in [-0.05, 0) is 71.5 Å². The lowest BCUT2D eigenvalue weighted by Gasteiger charge is -2.32. The minimum absolute atomic E-state index is 0.0535. The second-order valence-corrected chi connectivity index (χ2v) is 12.0. The van der Waals surface area contributed by atoms with Gasteiger partial charge in [0.1, 0.15) is 5.75 Å². The van der Waals surface area contributed by atoms with Crippen molar-refractivity contribution in [2.24, 2.45) is 10.1 Å². The molecule has 2 N–H and O–H groups in total. The SMILES string of the molecule is Cc1ccc(CCNC(=O)[C@]2(Cc3ccccc3Br)N=C(c3ccc(OCCCO)cc3)O[C@@H]2c2ccccc2CN=[N+]=[N-])cc1. The van der Waals surface area contributed by atoms with Gasteiger partial charge in [-0.25, -0.2) is 4.99 Å². The summed E-state index contributed by atoms with van der Waals surface area (Å²) in [5, 5.41) is 16.1. The Labute approximate surface area is 277 Å². The van der Waals surface area contributed by atoms with Gasteiger partial charge in [-0.2, -0.15) is 0 Å². The maximum Gasteiger partial charge on any atom is 0.252 e. The summed E-state index contributed by atoms with van der Waals surface area (Å²) in [5.41, 5.74) is 13.1. The van der Waals surface area contributed by atoms with Crippen LogP contribution in [0.2, 0.25) is 0 Å². The molecule has 0 fully saturated rings. The molecule has 236 valence electrons. The predicted molar refractivity (Wildman–Crippen MR) is 182 cm³/mol. The van der Waals surface area contributed by atoms with Crippen LogP contribution in [0.4, 0.5) is 0 Å². The van der Waals surface area contributed by atoms with E-state index in [2.05, 4.69) is 55.5 Å². The maximum atomic E-state index is 14.6. The second kappa shape index (κ2) is 15.6. The number of amides is 1. The first kappa shape index (κ1) is 32.8. The van der Waals surface area contributed by atoms with Crippen LogP contribution in [-0.4, -0.2) is 42.2 Å². The lowest BCUT2D eigenvalue weighted by Crippen LogP contribution is -2.50. The first-order chi connectivity index (χ1) is 22.4. The first-order valence-electron chi connectivity index (χ1n) is 15.2. The highest BCUT2D eigenvalue weighted by Crippen LogP contribution is 2.44. The number of carbonyl (C=O) groups is 1. The van der Waals surface area contributed by atoms with Crippen molar-refractivity contribution in [1.82, 2.24) is 5.32 Å². The average molecular weight is 683 g/mol. The number of aryl methyl sites for hydroxylation is 1. The molecule has 46 heavy (non-hydrogen) atoms. The number of azide groups is 1. The fourth-order valence-corrected chi connectivity index (χ4v) is 5.89. The lowest BCUT2D eigenvalue weighted by molar-refractivity contribution is -0.128. The van der Waals surface area contributed by atoms with Crippen molar-refractivity contribution in [3.8, 4) is 5.75 Å². The van der Waals surface area contributed by atoms with E-state index in [0.29, 0.717) is 43.2 Å². The van der Waals surface area contributed by atoms with Crippen LogP contribution in [0, 0.1) is 6.92 Å². The Balaban J connectivity index is 1.57. The molecule has 1 aliphatic heterocycles. The molecule has 0 saturated heterocycles. The largest absolute Gasteiger partial charge is 0.494 e. The molecule has 1 heterocycles. The first-order valence-corrected chi connectivity index (χ1v) is 16.0. The predicted octanol–water partition coefficient (Wildman–Crippen LogP) is 7.19. The van der Waals surface area contributed by atoms with Crippen molar-refractivity contribution in [2.75, 3.05) is 19.8 Å². The van der Waals surface area contributed by atoms with Crippen molar-refractivity contribution in [3.05, 3.63) is 145 Å². The Hall–Kier alpha value is -4.63. The number of nitrogens with zero attached hydrogens (tertiary/aromatic N) is 4. The molecule has 0 aliphatic carbocycles. The van der Waals surface area contributed by atoms with Crippen LogP contribution in [0.25, 0.3) is 10.4 Å². The van der Waals surface area contributed by atoms with Crippen LogP contribution in [0.15, 0.2) is 112 Å². The van der Waals surface area contributed by atoms with Gasteiger partial charge < -0.3 is 19.9 Å². The highest BCUT2D eigenvalue weighted by molar-refractivity contribution is 9.10. The molecule has 0 radical (unpaired) electrons. The average Bonchev–Trinajstić information content (AvgIpc) is 3.46. The number of rotatable bonds is 14. The molecule has 9 nitrogen and oxygen atoms in total. The molecule has 4 aromatic carbocycles. The van der Waals surface area contributed by atoms with Gasteiger partial charge >= 0.3 is 0 Å². The summed E-state index contributed by atoms with van der Waals surface area (Å²) in [7, 11) is 0. The third-order valence-corrected chi connectivity index (χ3v) is 8.68. The quantitative estimate of drug-likeness (QED) is 0.0632. The van der Waals surface area contributed by atoms with Gasteiger partial charge in [0.2, 0.25) is 5.90 Å². The summed E-state index contributed by atoms with van der Waals surface area (Å²) >= 11 is 3.68. The standard InChI is InChI=1S/C36H36BrN5O4/c1-25-11-13-26(14-12-25)19-20-39-35(44)36(23-28-7-3-5-10-32(28)37)33(31-9-4-2-8-29(31)24-40-42-38)46-34(41-36)27-15-17-30(18-16-27)45-22-6-21-43/h2-5,7-18,33,43H,6,19-24H2,1H3,(H,39,44)/t33-,36-/m1/s1. The highest BCUT2D eigenvalue weighted by atomic mass is 79.9. The summed E-state index contributed by atoms with van der Waals surface area (Å²) in [6, 6.07) is 30.9. The van der Waals surface area contributed by atoms with E-state index >= 15 is 0 Å². The summed E-state index contributed by atoms with van der Waals surface area (Å²) in [6.45, 7) is 3.01. The van der Waals surface area contributed by atoms with Crippen molar-refractivity contribution in [1.29, 1.82) is 0 Å². The Morgan fingerprint density at radius 1 is 1.04 bits per heavy atom. The number of ether oxygens (including phenoxy) is 2. The lowest BCUT2D eigenvalue weighted by atomic mass is 9.80. The highest BCUT2D eigenvalue weighted by Gasteiger charge is 2.54. The van der Waals surface area contributed by atoms with Crippen molar-refractivity contribution >= 4 is 27.7 Å². The summed E-state index contributed by atoms with van der Waals surface area (Å²) < 4.78 is 13.3. The van der Waals surface area contributed by atoms with E-state index in [9.17, 15) is 4.79 Å². The van der Waals surface area contributed by atoms with Gasteiger partial charge in [0.15, 0.2) is 11.6 Å². The summed E-state index contributed by atoms with van der Waals surface area (Å²) in [4.78, 5) is 22.7. The van der Waals surface area contributed by atoms with Crippen LogP contribution < -0.4 is 10.1 Å². The number of hydrogen-bond acceptors (Lipinski definition) is 6. The molecule has 0 saturated carbocycles. The van der Waals surface area contributed by atoms with Gasteiger partial charge in [-0.15, -0.1) is 0 Å². The normalized spacial score (nSPS) is 17.0. The molecule has 0 aromatic heterocycles. The zero-order valence-corrected chi connectivity index (χ0v) is 27.2. The van der Waals surface area contributed by atoms with E-state index in [1.165, 1.54) is 5.56 Å². The molecule has 5 rings (SSSR count). The van der Waals surface area contributed by atoms with Crippen LogP contribution >= 0.6 is 15.9 Å². The van der Waals surface area contributed by atoms with E-state index in [-0.39, 0.29) is 25.5 Å².